The average Bonchev–Trinajstić information content (AvgIpc) is 2.73. The maximum atomic E-state index is 12.9. The lowest BCUT2D eigenvalue weighted by Crippen LogP contribution is -2.36. The Labute approximate surface area is 158 Å². The molecule has 0 atom stereocenters. The number of ether oxygens (including phenoxy) is 4. The Kier molecular flexibility index (Phi) is 6.03. The van der Waals surface area contributed by atoms with Gasteiger partial charge in [0.25, 0.3) is 5.91 Å². The average molecular weight is 372 g/mol. The highest BCUT2D eigenvalue weighted by Gasteiger charge is 2.19. The molecular formula is C20H24N2O5. The molecular weight excluding hydrogens is 348 g/mol. The molecule has 1 N–H and O–H groups in total. The van der Waals surface area contributed by atoms with Crippen LogP contribution in [0.2, 0.25) is 0 Å². The number of anilines is 2. The molecule has 0 bridgehead atoms. The highest BCUT2D eigenvalue weighted by Crippen LogP contribution is 2.32. The summed E-state index contributed by atoms with van der Waals surface area (Å²) in [6.07, 6.45) is 0. The Hall–Kier alpha value is -2.93. The summed E-state index contributed by atoms with van der Waals surface area (Å²) < 4.78 is 21.3. The molecule has 144 valence electrons. The van der Waals surface area contributed by atoms with Gasteiger partial charge in [-0.15, -0.1) is 0 Å². The highest BCUT2D eigenvalue weighted by atomic mass is 16.5. The van der Waals surface area contributed by atoms with E-state index in [9.17, 15) is 4.79 Å². The molecule has 7 heteroatoms. The first kappa shape index (κ1) is 18.8. The Bertz CT molecular complexity index is 803. The van der Waals surface area contributed by atoms with E-state index in [1.165, 1.54) is 7.11 Å². The van der Waals surface area contributed by atoms with Crippen molar-refractivity contribution in [3.63, 3.8) is 0 Å². The van der Waals surface area contributed by atoms with Gasteiger partial charge in [-0.3, -0.25) is 4.79 Å². The SMILES string of the molecule is COc1ccc(N2CCOCC2)c(NC(=O)c2ccc(OC)cc2OC)c1. The monoisotopic (exact) mass is 372 g/mol. The van der Waals surface area contributed by atoms with Crippen molar-refractivity contribution < 1.29 is 23.7 Å². The third-order valence-electron chi connectivity index (χ3n) is 4.46. The third kappa shape index (κ3) is 4.25. The molecule has 1 aliphatic heterocycles. The fraction of sp³-hybridized carbons (Fsp3) is 0.350. The first-order valence-electron chi connectivity index (χ1n) is 8.70. The largest absolute Gasteiger partial charge is 0.497 e. The van der Waals surface area contributed by atoms with Crippen LogP contribution in [-0.4, -0.2) is 53.5 Å². The van der Waals surface area contributed by atoms with Gasteiger partial charge in [0.2, 0.25) is 0 Å². The topological polar surface area (TPSA) is 69.3 Å². The molecule has 0 aliphatic carbocycles. The van der Waals surface area contributed by atoms with Gasteiger partial charge in [0.15, 0.2) is 0 Å². The van der Waals surface area contributed by atoms with E-state index in [1.54, 1.807) is 32.4 Å². The number of rotatable bonds is 6. The minimum atomic E-state index is -0.266. The molecule has 0 unspecified atom stereocenters. The summed E-state index contributed by atoms with van der Waals surface area (Å²) in [5.74, 6) is 1.47. The molecule has 3 rings (SSSR count). The first-order valence-corrected chi connectivity index (χ1v) is 8.70. The summed E-state index contributed by atoms with van der Waals surface area (Å²) in [7, 11) is 4.69. The van der Waals surface area contributed by atoms with Gasteiger partial charge in [-0.25, -0.2) is 0 Å². The van der Waals surface area contributed by atoms with Crippen LogP contribution < -0.4 is 24.4 Å². The Balaban J connectivity index is 1.90. The number of morpholine rings is 1. The van der Waals surface area contributed by atoms with E-state index in [0.717, 1.165) is 18.8 Å². The Morgan fingerprint density at radius 1 is 0.963 bits per heavy atom. The lowest BCUT2D eigenvalue weighted by molar-refractivity contribution is 0.102. The molecule has 0 saturated carbocycles. The summed E-state index contributed by atoms with van der Waals surface area (Å²) in [6.45, 7) is 2.85. The van der Waals surface area contributed by atoms with Gasteiger partial charge in [0.1, 0.15) is 17.2 Å². The molecule has 0 aromatic heterocycles. The number of hydrogen-bond donors (Lipinski definition) is 1. The Morgan fingerprint density at radius 3 is 2.30 bits per heavy atom. The van der Waals surface area contributed by atoms with Crippen LogP contribution in [0, 0.1) is 0 Å². The highest BCUT2D eigenvalue weighted by molar-refractivity contribution is 6.08. The number of carbonyl (C=O) groups is 1. The van der Waals surface area contributed by atoms with Crippen LogP contribution >= 0.6 is 0 Å². The molecule has 7 nitrogen and oxygen atoms in total. The molecule has 1 aliphatic rings. The van der Waals surface area contributed by atoms with Crippen molar-refractivity contribution in [1.82, 2.24) is 0 Å². The predicted octanol–water partition coefficient (Wildman–Crippen LogP) is 2.80. The smallest absolute Gasteiger partial charge is 0.259 e. The predicted molar refractivity (Wildman–Crippen MR) is 104 cm³/mol. The van der Waals surface area contributed by atoms with Crippen LogP contribution in [0.5, 0.6) is 17.2 Å². The maximum Gasteiger partial charge on any atom is 0.259 e. The van der Waals surface area contributed by atoms with Gasteiger partial charge < -0.3 is 29.2 Å². The number of benzene rings is 2. The van der Waals surface area contributed by atoms with Crippen LogP contribution in [-0.2, 0) is 4.74 Å². The first-order chi connectivity index (χ1) is 13.2. The van der Waals surface area contributed by atoms with Crippen LogP contribution in [0.1, 0.15) is 10.4 Å². The lowest BCUT2D eigenvalue weighted by Gasteiger charge is -2.30. The van der Waals surface area contributed by atoms with Crippen molar-refractivity contribution in [2.75, 3.05) is 57.8 Å². The second-order valence-corrected chi connectivity index (χ2v) is 6.00. The summed E-state index contributed by atoms with van der Waals surface area (Å²) in [5.41, 5.74) is 2.04. The van der Waals surface area contributed by atoms with Crippen molar-refractivity contribution in [2.45, 2.75) is 0 Å². The van der Waals surface area contributed by atoms with Crippen molar-refractivity contribution in [1.29, 1.82) is 0 Å². The van der Waals surface area contributed by atoms with E-state index in [4.69, 9.17) is 18.9 Å². The standard InChI is InChI=1S/C20H24N2O5/c1-24-14-5-7-18(22-8-10-27-11-9-22)17(12-14)21-20(23)16-6-4-15(25-2)13-19(16)26-3/h4-7,12-13H,8-11H2,1-3H3,(H,21,23). The van der Waals surface area contributed by atoms with Gasteiger partial charge in [-0.1, -0.05) is 0 Å². The van der Waals surface area contributed by atoms with Gasteiger partial charge in [0.05, 0.1) is 51.5 Å². The van der Waals surface area contributed by atoms with E-state index in [-0.39, 0.29) is 5.91 Å². The summed E-state index contributed by atoms with van der Waals surface area (Å²) in [6, 6.07) is 10.7. The number of amides is 1. The minimum Gasteiger partial charge on any atom is -0.497 e. The van der Waals surface area contributed by atoms with Gasteiger partial charge in [-0.05, 0) is 24.3 Å². The van der Waals surface area contributed by atoms with Crippen molar-refractivity contribution in [3.05, 3.63) is 42.0 Å². The fourth-order valence-electron chi connectivity index (χ4n) is 3.00. The zero-order valence-electron chi connectivity index (χ0n) is 15.8. The number of carbonyl (C=O) groups excluding carboxylic acids is 1. The number of methoxy groups -OCH3 is 3. The normalized spacial score (nSPS) is 13.8. The van der Waals surface area contributed by atoms with E-state index >= 15 is 0 Å². The molecule has 2 aromatic rings. The minimum absolute atomic E-state index is 0.266. The summed E-state index contributed by atoms with van der Waals surface area (Å²) in [5, 5.41) is 2.99. The third-order valence-corrected chi connectivity index (χ3v) is 4.46. The molecule has 2 aromatic carbocycles. The number of nitrogens with zero attached hydrogens (tertiary/aromatic N) is 1. The molecule has 1 heterocycles. The number of nitrogens with one attached hydrogen (secondary N) is 1. The zero-order valence-corrected chi connectivity index (χ0v) is 15.8. The molecule has 1 amide bonds. The van der Waals surface area contributed by atoms with Crippen LogP contribution in [0.4, 0.5) is 11.4 Å². The second kappa shape index (κ2) is 8.64. The van der Waals surface area contributed by atoms with Gasteiger partial charge in [0, 0.05) is 25.2 Å². The zero-order chi connectivity index (χ0) is 19.2. The number of hydrogen-bond acceptors (Lipinski definition) is 6. The van der Waals surface area contributed by atoms with E-state index in [1.807, 2.05) is 18.2 Å². The quantitative estimate of drug-likeness (QED) is 0.841. The van der Waals surface area contributed by atoms with E-state index in [2.05, 4.69) is 10.2 Å². The van der Waals surface area contributed by atoms with Crippen LogP contribution in [0.3, 0.4) is 0 Å². The van der Waals surface area contributed by atoms with Gasteiger partial charge >= 0.3 is 0 Å². The molecule has 0 radical (unpaired) electrons. The van der Waals surface area contributed by atoms with Gasteiger partial charge in [-0.2, -0.15) is 0 Å². The fourth-order valence-corrected chi connectivity index (χ4v) is 3.00. The van der Waals surface area contributed by atoms with E-state index < -0.39 is 0 Å². The lowest BCUT2D eigenvalue weighted by atomic mass is 10.1. The van der Waals surface area contributed by atoms with E-state index in [0.29, 0.717) is 41.7 Å². The molecule has 1 fully saturated rings. The maximum absolute atomic E-state index is 12.9. The van der Waals surface area contributed by atoms with Crippen molar-refractivity contribution >= 4 is 17.3 Å². The summed E-state index contributed by atoms with van der Waals surface area (Å²) >= 11 is 0. The Morgan fingerprint density at radius 2 is 1.63 bits per heavy atom. The molecule has 27 heavy (non-hydrogen) atoms. The van der Waals surface area contributed by atoms with Crippen LogP contribution in [0.15, 0.2) is 36.4 Å². The van der Waals surface area contributed by atoms with Crippen molar-refractivity contribution in [2.24, 2.45) is 0 Å². The second-order valence-electron chi connectivity index (χ2n) is 6.00. The molecule has 1 saturated heterocycles. The van der Waals surface area contributed by atoms with Crippen molar-refractivity contribution in [3.8, 4) is 17.2 Å². The van der Waals surface area contributed by atoms with Crippen LogP contribution in [0.25, 0.3) is 0 Å². The summed E-state index contributed by atoms with van der Waals surface area (Å²) in [4.78, 5) is 15.1. The molecule has 0 spiro atoms.